The first kappa shape index (κ1) is 13.6. The van der Waals surface area contributed by atoms with Gasteiger partial charge in [-0.3, -0.25) is 10.1 Å². The van der Waals surface area contributed by atoms with Gasteiger partial charge < -0.3 is 5.32 Å². The Bertz CT molecular complexity index is 693. The van der Waals surface area contributed by atoms with Gasteiger partial charge in [-0.25, -0.2) is 4.68 Å². The van der Waals surface area contributed by atoms with Gasteiger partial charge in [-0.1, -0.05) is 31.2 Å². The quantitative estimate of drug-likeness (QED) is 0.677. The Morgan fingerprint density at radius 3 is 2.90 bits per heavy atom. The van der Waals surface area contributed by atoms with Crippen LogP contribution >= 0.6 is 0 Å². The molecule has 1 atom stereocenters. The van der Waals surface area contributed by atoms with Crippen LogP contribution < -0.4 is 5.32 Å². The Hall–Kier alpha value is -2.37. The van der Waals surface area contributed by atoms with Gasteiger partial charge in [-0.15, -0.1) is 0 Å². The minimum atomic E-state index is -0.344. The zero-order chi connectivity index (χ0) is 15.0. The van der Waals surface area contributed by atoms with Gasteiger partial charge in [-0.2, -0.15) is 5.10 Å². The van der Waals surface area contributed by atoms with Crippen molar-refractivity contribution in [2.75, 3.05) is 11.9 Å². The average Bonchev–Trinajstić information content (AvgIpc) is 2.76. The van der Waals surface area contributed by atoms with E-state index in [0.717, 1.165) is 6.42 Å². The molecular weight excluding hydrogens is 268 g/mol. The Balaban J connectivity index is 1.78. The molecular formula is C15H18N4O2. The van der Waals surface area contributed by atoms with Crippen LogP contribution in [0.25, 0.3) is 0 Å². The summed E-state index contributed by atoms with van der Waals surface area (Å²) in [6.45, 7) is 2.57. The van der Waals surface area contributed by atoms with Crippen molar-refractivity contribution in [3.8, 4) is 0 Å². The molecule has 21 heavy (non-hydrogen) atoms. The van der Waals surface area contributed by atoms with Crippen molar-refractivity contribution in [3.63, 3.8) is 0 Å². The number of anilines is 1. The summed E-state index contributed by atoms with van der Waals surface area (Å²) in [7, 11) is 1.74. The van der Waals surface area contributed by atoms with E-state index in [4.69, 9.17) is 0 Å². The van der Waals surface area contributed by atoms with Crippen LogP contribution in [0.15, 0.2) is 24.3 Å². The predicted octanol–water partition coefficient (Wildman–Crippen LogP) is 2.64. The van der Waals surface area contributed by atoms with Crippen LogP contribution in [0, 0.1) is 10.1 Å². The molecule has 1 aliphatic carbocycles. The Kier molecular flexibility index (Phi) is 3.37. The number of nitro groups is 1. The fourth-order valence-corrected chi connectivity index (χ4v) is 2.96. The number of fused-ring (bicyclic) bond motifs is 1. The van der Waals surface area contributed by atoms with E-state index in [-0.39, 0.29) is 10.6 Å². The molecule has 0 bridgehead atoms. The molecule has 1 unspecified atom stereocenters. The molecule has 1 aromatic heterocycles. The highest BCUT2D eigenvalue weighted by Crippen LogP contribution is 2.36. The Morgan fingerprint density at radius 2 is 2.24 bits per heavy atom. The first-order chi connectivity index (χ1) is 10.1. The maximum absolute atomic E-state index is 11.3. The molecule has 3 rings (SSSR count). The second-order valence-corrected chi connectivity index (χ2v) is 5.36. The number of benzene rings is 1. The highest BCUT2D eigenvalue weighted by atomic mass is 16.6. The Morgan fingerprint density at radius 1 is 1.48 bits per heavy atom. The minimum Gasteiger partial charge on any atom is -0.364 e. The largest absolute Gasteiger partial charge is 0.364 e. The number of rotatable bonds is 5. The molecule has 6 heteroatoms. The summed E-state index contributed by atoms with van der Waals surface area (Å²) in [6.07, 6.45) is 1.58. The lowest BCUT2D eigenvalue weighted by molar-refractivity contribution is -0.384. The van der Waals surface area contributed by atoms with E-state index >= 15 is 0 Å². The van der Waals surface area contributed by atoms with Gasteiger partial charge in [0.15, 0.2) is 0 Å². The van der Waals surface area contributed by atoms with Gasteiger partial charge in [0.2, 0.25) is 5.82 Å². The minimum absolute atomic E-state index is 0.104. The number of hydrogen-bond donors (Lipinski definition) is 1. The molecule has 1 N–H and O–H groups in total. The van der Waals surface area contributed by atoms with Crippen molar-refractivity contribution in [3.05, 3.63) is 51.2 Å². The lowest BCUT2D eigenvalue weighted by Gasteiger charge is -2.30. The highest BCUT2D eigenvalue weighted by molar-refractivity contribution is 5.60. The average molecular weight is 286 g/mol. The van der Waals surface area contributed by atoms with Crippen LogP contribution in [0.4, 0.5) is 11.5 Å². The zero-order valence-corrected chi connectivity index (χ0v) is 12.2. The third kappa shape index (κ3) is 2.26. The number of hydrogen-bond acceptors (Lipinski definition) is 4. The number of nitrogens with one attached hydrogen (secondary N) is 1. The van der Waals surface area contributed by atoms with Gasteiger partial charge in [0.25, 0.3) is 0 Å². The molecule has 1 aliphatic rings. The maximum Gasteiger partial charge on any atom is 0.333 e. The number of aromatic nitrogens is 2. The molecule has 0 saturated carbocycles. The lowest BCUT2D eigenvalue weighted by Crippen LogP contribution is -2.25. The topological polar surface area (TPSA) is 73.0 Å². The molecule has 0 spiro atoms. The SMILES string of the molecule is CCc1nn(C)c(NCC2Cc3ccccc32)c1[N+](=O)[O-]. The van der Waals surface area contributed by atoms with Crippen molar-refractivity contribution < 1.29 is 4.92 Å². The van der Waals surface area contributed by atoms with E-state index in [1.807, 2.05) is 19.1 Å². The van der Waals surface area contributed by atoms with E-state index in [0.29, 0.717) is 30.4 Å². The molecule has 0 aliphatic heterocycles. The monoisotopic (exact) mass is 286 g/mol. The molecule has 1 heterocycles. The number of nitrogens with zero attached hydrogens (tertiary/aromatic N) is 3. The van der Waals surface area contributed by atoms with Crippen LogP contribution in [0.2, 0.25) is 0 Å². The fraction of sp³-hybridized carbons (Fsp3) is 0.400. The number of aryl methyl sites for hydroxylation is 2. The standard InChI is InChI=1S/C15H18N4O2/c1-3-13-14(19(20)21)15(18(2)17-13)16-9-11-8-10-6-4-5-7-12(10)11/h4-7,11,16H,3,8-9H2,1-2H3. The summed E-state index contributed by atoms with van der Waals surface area (Å²) < 4.78 is 1.57. The fourth-order valence-electron chi connectivity index (χ4n) is 2.96. The third-order valence-electron chi connectivity index (χ3n) is 4.09. The van der Waals surface area contributed by atoms with Crippen LogP contribution in [-0.2, 0) is 19.9 Å². The molecule has 0 saturated heterocycles. The van der Waals surface area contributed by atoms with Crippen LogP contribution in [0.5, 0.6) is 0 Å². The van der Waals surface area contributed by atoms with Crippen molar-refractivity contribution >= 4 is 11.5 Å². The van der Waals surface area contributed by atoms with Crippen LogP contribution in [0.1, 0.15) is 29.7 Å². The van der Waals surface area contributed by atoms with Gasteiger partial charge in [0, 0.05) is 19.5 Å². The van der Waals surface area contributed by atoms with E-state index in [2.05, 4.69) is 22.5 Å². The van der Waals surface area contributed by atoms with Gasteiger partial charge in [-0.05, 0) is 24.0 Å². The second-order valence-electron chi connectivity index (χ2n) is 5.36. The molecule has 6 nitrogen and oxygen atoms in total. The van der Waals surface area contributed by atoms with Crippen LogP contribution in [-0.4, -0.2) is 21.2 Å². The van der Waals surface area contributed by atoms with E-state index in [9.17, 15) is 10.1 Å². The van der Waals surface area contributed by atoms with Gasteiger partial charge in [0.05, 0.1) is 4.92 Å². The summed E-state index contributed by atoms with van der Waals surface area (Å²) in [6, 6.07) is 8.34. The second kappa shape index (κ2) is 5.20. The van der Waals surface area contributed by atoms with Gasteiger partial charge >= 0.3 is 5.69 Å². The normalized spacial score (nSPS) is 16.2. The molecule has 0 radical (unpaired) electrons. The van der Waals surface area contributed by atoms with Crippen molar-refractivity contribution in [1.29, 1.82) is 0 Å². The predicted molar refractivity (Wildman–Crippen MR) is 80.6 cm³/mol. The van der Waals surface area contributed by atoms with Crippen molar-refractivity contribution in [1.82, 2.24) is 9.78 Å². The maximum atomic E-state index is 11.3. The summed E-state index contributed by atoms with van der Waals surface area (Å²) in [5.41, 5.74) is 3.34. The summed E-state index contributed by atoms with van der Waals surface area (Å²) in [4.78, 5) is 10.9. The van der Waals surface area contributed by atoms with Crippen molar-refractivity contribution in [2.24, 2.45) is 7.05 Å². The first-order valence-electron chi connectivity index (χ1n) is 7.13. The highest BCUT2D eigenvalue weighted by Gasteiger charge is 2.29. The van der Waals surface area contributed by atoms with Crippen molar-refractivity contribution in [2.45, 2.75) is 25.7 Å². The summed E-state index contributed by atoms with van der Waals surface area (Å²) >= 11 is 0. The lowest BCUT2D eigenvalue weighted by atomic mass is 9.77. The third-order valence-corrected chi connectivity index (χ3v) is 4.09. The van der Waals surface area contributed by atoms with E-state index < -0.39 is 0 Å². The molecule has 0 fully saturated rings. The summed E-state index contributed by atoms with van der Waals surface area (Å²) in [5.74, 6) is 0.919. The van der Waals surface area contributed by atoms with Crippen LogP contribution in [0.3, 0.4) is 0 Å². The molecule has 110 valence electrons. The smallest absolute Gasteiger partial charge is 0.333 e. The van der Waals surface area contributed by atoms with Gasteiger partial charge in [0.1, 0.15) is 5.69 Å². The molecule has 1 aromatic carbocycles. The molecule has 0 amide bonds. The molecule has 2 aromatic rings. The van der Waals surface area contributed by atoms with E-state index in [1.54, 1.807) is 11.7 Å². The first-order valence-corrected chi connectivity index (χ1v) is 7.13. The summed E-state index contributed by atoms with van der Waals surface area (Å²) in [5, 5.41) is 18.7. The van der Waals surface area contributed by atoms with E-state index in [1.165, 1.54) is 11.1 Å². The zero-order valence-electron chi connectivity index (χ0n) is 12.2. The Labute approximate surface area is 122 Å².